The first-order valence-electron chi connectivity index (χ1n) is 2.95. The second-order valence-electron chi connectivity index (χ2n) is 2.21. The molecule has 0 aromatic carbocycles. The maximum Gasteiger partial charge on any atom is 0.221 e. The average molecular weight is 163 g/mol. The van der Waals surface area contributed by atoms with E-state index in [1.54, 1.807) is 6.92 Å². The highest BCUT2D eigenvalue weighted by atomic mass is 32.2. The molecule has 1 aliphatic rings. The van der Waals surface area contributed by atoms with Crippen LogP contribution >= 0.6 is 11.8 Å². The summed E-state index contributed by atoms with van der Waals surface area (Å²) in [5, 5.41) is 0. The maximum absolute atomic E-state index is 10.8. The van der Waals surface area contributed by atoms with Crippen LogP contribution < -0.4 is 0 Å². The van der Waals surface area contributed by atoms with Gasteiger partial charge in [0.2, 0.25) is 4.58 Å². The highest BCUT2D eigenvalue weighted by Crippen LogP contribution is 2.26. The molecule has 0 N–H and O–H groups in total. The van der Waals surface area contributed by atoms with Gasteiger partial charge in [-0.25, -0.2) is 0 Å². The lowest BCUT2D eigenvalue weighted by molar-refractivity contribution is -0.115. The van der Waals surface area contributed by atoms with Crippen LogP contribution in [0.5, 0.6) is 0 Å². The van der Waals surface area contributed by atoms with Gasteiger partial charge in [-0.15, -0.1) is 0 Å². The molecule has 1 fully saturated rings. The third-order valence-corrected chi connectivity index (χ3v) is 6.01. The van der Waals surface area contributed by atoms with Crippen molar-refractivity contribution in [3.05, 3.63) is 0 Å². The van der Waals surface area contributed by atoms with Crippen molar-refractivity contribution in [1.82, 2.24) is 0 Å². The summed E-state index contributed by atoms with van der Waals surface area (Å²) in [7, 11) is 0.373. The van der Waals surface area contributed by atoms with Crippen molar-refractivity contribution in [3.8, 4) is 0 Å². The Labute approximate surface area is 62.9 Å². The first kappa shape index (κ1) is 7.48. The van der Waals surface area contributed by atoms with Crippen LogP contribution in [-0.2, 0) is 15.7 Å². The summed E-state index contributed by atoms with van der Waals surface area (Å²) in [4.78, 5) is 10.8. The highest BCUT2D eigenvalue weighted by molar-refractivity contribution is 8.19. The summed E-state index contributed by atoms with van der Waals surface area (Å²) in [6.45, 7) is 1.70. The molecule has 52 valence electrons. The number of rotatable bonds is 1. The van der Waals surface area contributed by atoms with Crippen molar-refractivity contribution >= 4 is 28.4 Å². The maximum atomic E-state index is 10.8. The minimum absolute atomic E-state index is 0.338. The first-order valence-corrected chi connectivity index (χ1v) is 5.86. The van der Waals surface area contributed by atoms with E-state index in [9.17, 15) is 4.79 Å². The van der Waals surface area contributed by atoms with Gasteiger partial charge in [0.1, 0.15) is 5.75 Å². The molecule has 1 nitrogen and oxygen atoms in total. The number of hydrogen-bond acceptors (Lipinski definition) is 2. The summed E-state index contributed by atoms with van der Waals surface area (Å²) in [5.74, 6) is 2.79. The fourth-order valence-corrected chi connectivity index (χ4v) is 5.08. The number of carbonyl (C=O) groups excluding carboxylic acids is 1. The minimum atomic E-state index is 0.338. The summed E-state index contributed by atoms with van der Waals surface area (Å²) in [6.07, 6.45) is 2.19. The molecule has 2 atom stereocenters. The second kappa shape index (κ2) is 2.97. The van der Waals surface area contributed by atoms with Crippen LogP contribution in [0.3, 0.4) is 0 Å². The molecule has 0 aromatic heterocycles. The number of hydrogen-bond donors (Lipinski definition) is 0. The Bertz CT molecular complexity index is 124. The molecule has 0 saturated carbocycles. The normalized spacial score (nSPS) is 34.9. The van der Waals surface area contributed by atoms with Gasteiger partial charge in [-0.3, -0.25) is 4.79 Å². The molecule has 0 aliphatic carbocycles. The van der Waals surface area contributed by atoms with Gasteiger partial charge in [-0.1, -0.05) is 11.8 Å². The Balaban J connectivity index is 2.49. The van der Waals surface area contributed by atoms with Crippen LogP contribution in [0.1, 0.15) is 6.92 Å². The summed E-state index contributed by atoms with van der Waals surface area (Å²) in [6, 6.07) is 0. The van der Waals surface area contributed by atoms with Crippen LogP contribution in [0.2, 0.25) is 0 Å². The van der Waals surface area contributed by atoms with Crippen LogP contribution in [0.25, 0.3) is 0 Å². The van der Waals surface area contributed by atoms with Gasteiger partial charge in [0, 0.05) is 23.6 Å². The zero-order valence-corrected chi connectivity index (χ0v) is 7.35. The molecule has 1 rings (SSSR count). The summed E-state index contributed by atoms with van der Waals surface area (Å²) >= 11 is 1.82. The number of Topliss-reactive ketones (excluding diaryl/α,β-unsaturated/α-hetero) is 1. The van der Waals surface area contributed by atoms with Crippen LogP contribution in [0.15, 0.2) is 0 Å². The monoisotopic (exact) mass is 163 g/mol. The predicted molar refractivity (Wildman–Crippen MR) is 45.1 cm³/mol. The molecule has 9 heavy (non-hydrogen) atoms. The van der Waals surface area contributed by atoms with Gasteiger partial charge in [0.25, 0.3) is 0 Å². The van der Waals surface area contributed by atoms with Gasteiger partial charge in [-0.2, -0.15) is 0 Å². The number of ketones is 1. The molecule has 3 heteroatoms. The molecule has 0 amide bonds. The molecule has 0 bridgehead atoms. The lowest BCUT2D eigenvalue weighted by Gasteiger charge is -1.99. The number of carbonyl (C=O) groups is 1. The largest absolute Gasteiger partial charge is 0.293 e. The average Bonchev–Trinajstić information content (AvgIpc) is 2.13. The molecule has 1 heterocycles. The molecule has 2 unspecified atom stereocenters. The van der Waals surface area contributed by atoms with Crippen molar-refractivity contribution in [3.63, 3.8) is 0 Å². The van der Waals surface area contributed by atoms with Crippen molar-refractivity contribution < 1.29 is 4.79 Å². The van der Waals surface area contributed by atoms with Crippen LogP contribution in [0, 0.1) is 0 Å². The fraction of sp³-hybridized carbons (Fsp3) is 0.833. The van der Waals surface area contributed by atoms with Gasteiger partial charge >= 0.3 is 0 Å². The standard InChI is InChI=1S/C6H11OS2/c1-5(7)6-8-3-4-9(6)2/h6H,3-4H2,1-2H3/q+1. The zero-order valence-electron chi connectivity index (χ0n) is 5.72. The van der Waals surface area contributed by atoms with E-state index in [-0.39, 0.29) is 0 Å². The zero-order chi connectivity index (χ0) is 6.85. The van der Waals surface area contributed by atoms with Gasteiger partial charge in [-0.05, 0) is 0 Å². The summed E-state index contributed by atoms with van der Waals surface area (Å²) in [5.41, 5.74) is 0. The predicted octanol–water partition coefficient (Wildman–Crippen LogP) is 0.896. The third kappa shape index (κ3) is 1.64. The lowest BCUT2D eigenvalue weighted by atomic mass is 10.5. The van der Waals surface area contributed by atoms with E-state index in [0.717, 1.165) is 0 Å². The van der Waals surface area contributed by atoms with Crippen LogP contribution in [-0.4, -0.2) is 28.1 Å². The molecule has 1 aliphatic heterocycles. The van der Waals surface area contributed by atoms with E-state index in [0.29, 0.717) is 21.3 Å². The van der Waals surface area contributed by atoms with Crippen molar-refractivity contribution in [1.29, 1.82) is 0 Å². The Morgan fingerprint density at radius 3 is 2.67 bits per heavy atom. The smallest absolute Gasteiger partial charge is 0.221 e. The first-order chi connectivity index (χ1) is 4.22. The van der Waals surface area contributed by atoms with Crippen LogP contribution in [0.4, 0.5) is 0 Å². The molecule has 1 saturated heterocycles. The lowest BCUT2D eigenvalue weighted by Crippen LogP contribution is -2.20. The SMILES string of the molecule is CC(=O)C1SCC[S+]1C. The van der Waals surface area contributed by atoms with E-state index >= 15 is 0 Å². The van der Waals surface area contributed by atoms with E-state index in [1.807, 2.05) is 11.8 Å². The van der Waals surface area contributed by atoms with Crippen molar-refractivity contribution in [2.24, 2.45) is 0 Å². The second-order valence-corrected chi connectivity index (χ2v) is 5.98. The molecular weight excluding hydrogens is 152 g/mol. The Morgan fingerprint density at radius 1 is 1.78 bits per heavy atom. The Kier molecular flexibility index (Phi) is 2.47. The van der Waals surface area contributed by atoms with E-state index in [4.69, 9.17) is 0 Å². The van der Waals surface area contributed by atoms with Gasteiger partial charge in [0.15, 0.2) is 5.78 Å². The van der Waals surface area contributed by atoms with E-state index in [1.165, 1.54) is 11.5 Å². The fourth-order valence-electron chi connectivity index (χ4n) is 0.910. The number of thioether (sulfide) groups is 1. The van der Waals surface area contributed by atoms with Gasteiger partial charge in [0.05, 0.1) is 6.26 Å². The molecule has 0 aromatic rings. The van der Waals surface area contributed by atoms with Gasteiger partial charge < -0.3 is 0 Å². The minimum Gasteiger partial charge on any atom is -0.293 e. The van der Waals surface area contributed by atoms with Crippen molar-refractivity contribution in [2.75, 3.05) is 17.8 Å². The van der Waals surface area contributed by atoms with Crippen molar-refractivity contribution in [2.45, 2.75) is 11.5 Å². The van der Waals surface area contributed by atoms with E-state index < -0.39 is 0 Å². The Morgan fingerprint density at radius 2 is 2.44 bits per heavy atom. The molecular formula is C6H11OS2+. The quantitative estimate of drug-likeness (QED) is 0.534. The third-order valence-electron chi connectivity index (χ3n) is 1.37. The Hall–Kier alpha value is 0.370. The molecule has 0 radical (unpaired) electrons. The summed E-state index contributed by atoms with van der Waals surface area (Å²) < 4.78 is 0.338. The topological polar surface area (TPSA) is 17.1 Å². The molecule has 0 spiro atoms. The highest BCUT2D eigenvalue weighted by Gasteiger charge is 2.36. The van der Waals surface area contributed by atoms with E-state index in [2.05, 4.69) is 6.26 Å².